The quantitative estimate of drug-likeness (QED) is 0.0650. The maximum Gasteiger partial charge on any atom is 0.419 e. The molecular formula is C48H55F3N8O8S2. The normalized spacial score (nSPS) is 17.5. The van der Waals surface area contributed by atoms with Crippen LogP contribution < -0.4 is 25.2 Å². The topological polar surface area (TPSA) is 200 Å². The van der Waals surface area contributed by atoms with Crippen molar-refractivity contribution in [3.8, 4) is 22.3 Å². The number of nitrogens with zero attached hydrogens (tertiary/aromatic N) is 6. The van der Waals surface area contributed by atoms with Gasteiger partial charge >= 0.3 is 6.18 Å². The molecule has 2 aliphatic rings. The lowest BCUT2D eigenvalue weighted by molar-refractivity contribution is -0.144. The van der Waals surface area contributed by atoms with Gasteiger partial charge in [-0.2, -0.15) is 18.4 Å². The zero-order valence-electron chi connectivity index (χ0n) is 38.9. The molecule has 0 bridgehead atoms. The van der Waals surface area contributed by atoms with Gasteiger partial charge in [-0.3, -0.25) is 29.1 Å². The second-order valence-corrected chi connectivity index (χ2v) is 19.4. The average molecular weight is 993 g/mol. The van der Waals surface area contributed by atoms with Crippen LogP contribution in [0, 0.1) is 16.7 Å². The number of hydrogen-bond acceptors (Lipinski definition) is 13. The molecule has 3 atom stereocenters. The van der Waals surface area contributed by atoms with E-state index in [1.54, 1.807) is 49.8 Å². The number of carbonyl (C=O) groups is 4. The van der Waals surface area contributed by atoms with Gasteiger partial charge in [-0.1, -0.05) is 45.0 Å². The van der Waals surface area contributed by atoms with Crippen molar-refractivity contribution in [1.29, 1.82) is 5.26 Å². The van der Waals surface area contributed by atoms with E-state index in [0.29, 0.717) is 56.6 Å². The molecule has 16 nitrogen and oxygen atoms in total. The number of benzene rings is 2. The number of aliphatic hydroxyl groups excluding tert-OH is 1. The number of β-amino-alcohol motifs (C(OH)–C–C–N with tert-alkyl or cyclic N) is 1. The number of carbonyl (C=O) groups excluding carboxylic acids is 4. The number of pyridine rings is 1. The highest BCUT2D eigenvalue weighted by Crippen LogP contribution is 2.39. The van der Waals surface area contributed by atoms with Crippen LogP contribution in [0.1, 0.15) is 77.1 Å². The monoisotopic (exact) mass is 992 g/mol. The molecule has 0 saturated carbocycles. The van der Waals surface area contributed by atoms with Gasteiger partial charge in [0.05, 0.1) is 40.5 Å². The SMILES string of the molecule is CC(C)(C)[C@H](NC(=O)COCCCOCCCCOc1ccc(N2C(=S)N(c3cnc(C#N)c(C(F)(F)F)c3)C(=O)C2(C)C)cc1)C(=O)N1C[C@H](O)C[C@H]1C(=O)NCc1ccc(-c2cncs2)cc1. The van der Waals surface area contributed by atoms with Gasteiger partial charge in [0.15, 0.2) is 10.8 Å². The Morgan fingerprint density at radius 3 is 2.32 bits per heavy atom. The molecule has 3 N–H and O–H groups in total. The van der Waals surface area contributed by atoms with Crippen molar-refractivity contribution in [1.82, 2.24) is 25.5 Å². The molecular weight excluding hydrogens is 938 g/mol. The summed E-state index contributed by atoms with van der Waals surface area (Å²) in [5, 5.41) is 25.3. The lowest BCUT2D eigenvalue weighted by atomic mass is 9.85. The summed E-state index contributed by atoms with van der Waals surface area (Å²) >= 11 is 7.12. The molecule has 2 aliphatic heterocycles. The van der Waals surface area contributed by atoms with Gasteiger partial charge in [0.1, 0.15) is 36.0 Å². The highest BCUT2D eigenvalue weighted by Gasteiger charge is 2.51. The number of aromatic nitrogens is 2. The Hall–Kier alpha value is -6.05. The summed E-state index contributed by atoms with van der Waals surface area (Å²) in [6.07, 6.45) is -0.954. The maximum absolute atomic E-state index is 13.9. The third-order valence-corrected chi connectivity index (χ3v) is 12.7. The number of thiocarbonyl (C=S) groups is 1. The smallest absolute Gasteiger partial charge is 0.419 e. The van der Waals surface area contributed by atoms with Crippen LogP contribution in [0.5, 0.6) is 5.75 Å². The predicted molar refractivity (Wildman–Crippen MR) is 255 cm³/mol. The molecule has 6 rings (SSSR count). The third kappa shape index (κ3) is 13.0. The maximum atomic E-state index is 13.9. The third-order valence-electron chi connectivity index (χ3n) is 11.5. The number of amides is 4. The average Bonchev–Trinajstić information content (AvgIpc) is 4.03. The molecule has 368 valence electrons. The van der Waals surface area contributed by atoms with E-state index in [-0.39, 0.29) is 43.5 Å². The van der Waals surface area contributed by atoms with Crippen LogP contribution in [0.15, 0.2) is 72.5 Å². The van der Waals surface area contributed by atoms with Gasteiger partial charge in [0.25, 0.3) is 5.91 Å². The van der Waals surface area contributed by atoms with Crippen molar-refractivity contribution in [2.45, 2.75) is 96.7 Å². The number of aliphatic hydroxyl groups is 1. The summed E-state index contributed by atoms with van der Waals surface area (Å²) in [5.41, 5.74) is -0.0734. The van der Waals surface area contributed by atoms with E-state index in [1.807, 2.05) is 45.0 Å². The van der Waals surface area contributed by atoms with Crippen molar-refractivity contribution in [3.63, 3.8) is 0 Å². The number of thiazole rings is 1. The fourth-order valence-corrected chi connectivity index (χ4v) is 8.98. The number of nitrogens with one attached hydrogen (secondary N) is 2. The lowest BCUT2D eigenvalue weighted by Crippen LogP contribution is -2.58. The summed E-state index contributed by atoms with van der Waals surface area (Å²) in [4.78, 5) is 66.4. The summed E-state index contributed by atoms with van der Waals surface area (Å²) in [7, 11) is 0. The lowest BCUT2D eigenvalue weighted by Gasteiger charge is -2.35. The number of unbranched alkanes of at least 4 members (excludes halogenated alkanes) is 1. The molecule has 2 aromatic carbocycles. The minimum atomic E-state index is -4.86. The summed E-state index contributed by atoms with van der Waals surface area (Å²) < 4.78 is 58.1. The molecule has 0 unspecified atom stereocenters. The summed E-state index contributed by atoms with van der Waals surface area (Å²) in [6, 6.07) is 14.8. The van der Waals surface area contributed by atoms with E-state index in [0.717, 1.165) is 27.1 Å². The van der Waals surface area contributed by atoms with Crippen LogP contribution in [0.3, 0.4) is 0 Å². The van der Waals surface area contributed by atoms with Gasteiger partial charge in [-0.05, 0) is 92.2 Å². The summed E-state index contributed by atoms with van der Waals surface area (Å²) in [5.74, 6) is -1.35. The van der Waals surface area contributed by atoms with Crippen LogP contribution >= 0.6 is 23.6 Å². The van der Waals surface area contributed by atoms with Gasteiger partial charge in [-0.25, -0.2) is 4.98 Å². The Labute approximate surface area is 407 Å². The van der Waals surface area contributed by atoms with Crippen LogP contribution in [-0.2, 0) is 41.4 Å². The van der Waals surface area contributed by atoms with Crippen LogP contribution in [0.2, 0.25) is 0 Å². The standard InChI is InChI=1S/C48H55F3N8O8S2/c1-46(2,3)41(43(63)57-27-34(60)22-38(57)42(62)55-24-30-9-11-31(12-10-30)39-26-53-29-69-39)56-40(61)28-66-19-8-18-65-17-6-7-20-67-35-15-13-32(14-16-35)59-45(68)58(44(64)47(59,4)5)33-21-36(48(49,50)51)37(23-52)54-25-33/h9-16,21,25-26,29,34,38,41,60H,6-8,17-20,22,24,27-28H2,1-5H3,(H,55,62)(H,56,61)/t34-,38+,41-/m1/s1. The Morgan fingerprint density at radius 2 is 1.67 bits per heavy atom. The minimum Gasteiger partial charge on any atom is -0.494 e. The number of ether oxygens (including phenoxy) is 3. The zero-order valence-corrected chi connectivity index (χ0v) is 40.5. The minimum absolute atomic E-state index is 0.0355. The second-order valence-electron chi connectivity index (χ2n) is 18.1. The second kappa shape index (κ2) is 22.6. The molecule has 2 aromatic heterocycles. The van der Waals surface area contributed by atoms with E-state index in [1.165, 1.54) is 27.2 Å². The van der Waals surface area contributed by atoms with Crippen molar-refractivity contribution in [3.05, 3.63) is 89.3 Å². The molecule has 69 heavy (non-hydrogen) atoms. The largest absolute Gasteiger partial charge is 0.494 e. The Morgan fingerprint density at radius 1 is 0.986 bits per heavy atom. The van der Waals surface area contributed by atoms with Crippen molar-refractivity contribution >= 4 is 63.7 Å². The molecule has 0 aliphatic carbocycles. The molecule has 0 radical (unpaired) electrons. The van der Waals surface area contributed by atoms with Crippen LogP contribution in [-0.4, -0.2) is 112 Å². The number of halogens is 3. The number of nitriles is 1. The number of hydrogen-bond donors (Lipinski definition) is 3. The van der Waals surface area contributed by atoms with Gasteiger partial charge in [-0.15, -0.1) is 11.3 Å². The van der Waals surface area contributed by atoms with Crippen molar-refractivity contribution < 1.29 is 51.7 Å². The van der Waals surface area contributed by atoms with Crippen LogP contribution in [0.25, 0.3) is 10.4 Å². The van der Waals surface area contributed by atoms with Crippen LogP contribution in [0.4, 0.5) is 24.5 Å². The number of rotatable bonds is 20. The number of anilines is 2. The Kier molecular flexibility index (Phi) is 17.1. The van der Waals surface area contributed by atoms with Gasteiger partial charge in [0, 0.05) is 51.2 Å². The van der Waals surface area contributed by atoms with E-state index in [4.69, 9.17) is 31.7 Å². The molecule has 0 spiro atoms. The Bertz CT molecular complexity index is 2500. The van der Waals surface area contributed by atoms with Crippen molar-refractivity contribution in [2.24, 2.45) is 5.41 Å². The predicted octanol–water partition coefficient (Wildman–Crippen LogP) is 6.40. The van der Waals surface area contributed by atoms with Gasteiger partial charge in [0.2, 0.25) is 17.7 Å². The molecule has 4 aromatic rings. The van der Waals surface area contributed by atoms with E-state index in [2.05, 4.69) is 20.6 Å². The first-order chi connectivity index (χ1) is 32.7. The first-order valence-corrected chi connectivity index (χ1v) is 23.6. The molecule has 2 fully saturated rings. The highest BCUT2D eigenvalue weighted by atomic mass is 32.1. The Balaban J connectivity index is 0.865. The number of alkyl halides is 3. The fourth-order valence-electron chi connectivity index (χ4n) is 7.83. The number of likely N-dealkylation sites (tertiary alicyclic amines) is 1. The van der Waals surface area contributed by atoms with Crippen molar-refractivity contribution in [2.75, 3.05) is 49.4 Å². The van der Waals surface area contributed by atoms with Gasteiger partial charge < -0.3 is 39.8 Å². The van der Waals surface area contributed by atoms with E-state index < -0.39 is 70.2 Å². The first-order valence-electron chi connectivity index (χ1n) is 22.3. The fraction of sp³-hybridized carbons (Fsp3) is 0.458. The molecule has 4 heterocycles. The van der Waals surface area contributed by atoms with E-state index in [9.17, 15) is 37.5 Å². The zero-order chi connectivity index (χ0) is 50.1. The molecule has 4 amide bonds. The highest BCUT2D eigenvalue weighted by molar-refractivity contribution is 7.81. The summed E-state index contributed by atoms with van der Waals surface area (Å²) in [6.45, 7) is 10.1. The molecule has 21 heteroatoms. The van der Waals surface area contributed by atoms with E-state index >= 15 is 0 Å². The first kappa shape index (κ1) is 52.3. The molecule has 2 saturated heterocycles.